The summed E-state index contributed by atoms with van der Waals surface area (Å²) in [6.45, 7) is 0. The number of methoxy groups -OCH3 is 2. The monoisotopic (exact) mass is 511 g/mol. The van der Waals surface area contributed by atoms with Crippen LogP contribution in [-0.4, -0.2) is 31.9 Å². The number of hydrogen-bond donors (Lipinski definition) is 2. The Morgan fingerprint density at radius 2 is 1.66 bits per heavy atom. The first-order valence-corrected chi connectivity index (χ1v) is 11.0. The predicted octanol–water partition coefficient (Wildman–Crippen LogP) is 5.05. The van der Waals surface area contributed by atoms with Crippen molar-refractivity contribution in [3.05, 3.63) is 88.0 Å². The van der Waals surface area contributed by atoms with E-state index in [1.54, 1.807) is 54.6 Å². The van der Waals surface area contributed by atoms with Gasteiger partial charge in [0, 0.05) is 17.3 Å². The molecule has 0 radical (unpaired) electrons. The third-order valence-corrected chi connectivity index (χ3v) is 5.85. The second-order valence-corrected chi connectivity index (χ2v) is 8.10. The van der Waals surface area contributed by atoms with Crippen LogP contribution in [0, 0.1) is 0 Å². The van der Waals surface area contributed by atoms with Crippen LogP contribution in [0.25, 0.3) is 0 Å². The van der Waals surface area contributed by atoms with Crippen LogP contribution in [-0.2, 0) is 9.59 Å². The van der Waals surface area contributed by atoms with Crippen molar-refractivity contribution in [2.24, 2.45) is 0 Å². The van der Waals surface area contributed by atoms with E-state index in [1.165, 1.54) is 26.4 Å². The average molecular weight is 512 g/mol. The molecule has 2 N–H and O–H groups in total. The molecule has 4 rings (SSSR count). The van der Waals surface area contributed by atoms with Crippen molar-refractivity contribution in [1.82, 2.24) is 0 Å². The SMILES string of the molecule is COc1ccc(OC)c(N2C(=O)C(Cl)=C(Nc3cccc(C(=O)Nc4ccccc4Cl)c3)C2=O)c1. The van der Waals surface area contributed by atoms with Crippen molar-refractivity contribution in [3.8, 4) is 11.5 Å². The number of nitrogens with zero attached hydrogens (tertiary/aromatic N) is 1. The lowest BCUT2D eigenvalue weighted by molar-refractivity contribution is -0.120. The summed E-state index contributed by atoms with van der Waals surface area (Å²) in [4.78, 5) is 39.7. The Morgan fingerprint density at radius 1 is 0.886 bits per heavy atom. The summed E-state index contributed by atoms with van der Waals surface area (Å²) in [6, 6.07) is 17.9. The number of halogens is 2. The first-order chi connectivity index (χ1) is 16.8. The lowest BCUT2D eigenvalue weighted by atomic mass is 10.1. The number of imide groups is 1. The molecule has 0 aromatic heterocycles. The molecule has 3 aromatic carbocycles. The van der Waals surface area contributed by atoms with Crippen LogP contribution in [0.2, 0.25) is 5.02 Å². The molecule has 0 atom stereocenters. The third-order valence-electron chi connectivity index (χ3n) is 5.17. The van der Waals surface area contributed by atoms with Crippen LogP contribution in [0.1, 0.15) is 10.4 Å². The van der Waals surface area contributed by atoms with E-state index in [-0.39, 0.29) is 22.2 Å². The van der Waals surface area contributed by atoms with E-state index in [9.17, 15) is 14.4 Å². The Balaban J connectivity index is 1.58. The summed E-state index contributed by atoms with van der Waals surface area (Å²) < 4.78 is 10.5. The molecule has 1 aliphatic heterocycles. The maximum atomic E-state index is 13.2. The van der Waals surface area contributed by atoms with E-state index in [2.05, 4.69) is 10.6 Å². The van der Waals surface area contributed by atoms with Crippen LogP contribution >= 0.6 is 23.2 Å². The van der Waals surface area contributed by atoms with Gasteiger partial charge in [-0.2, -0.15) is 0 Å². The lowest BCUT2D eigenvalue weighted by Gasteiger charge is -2.19. The van der Waals surface area contributed by atoms with Crippen molar-refractivity contribution >= 4 is 58.0 Å². The fourth-order valence-electron chi connectivity index (χ4n) is 3.44. The second-order valence-electron chi connectivity index (χ2n) is 7.31. The van der Waals surface area contributed by atoms with Crippen molar-refractivity contribution in [2.45, 2.75) is 0 Å². The van der Waals surface area contributed by atoms with Gasteiger partial charge in [0.25, 0.3) is 17.7 Å². The Morgan fingerprint density at radius 3 is 2.37 bits per heavy atom. The van der Waals surface area contributed by atoms with Gasteiger partial charge in [0.05, 0.1) is 30.6 Å². The first-order valence-electron chi connectivity index (χ1n) is 10.3. The van der Waals surface area contributed by atoms with Crippen LogP contribution in [0.15, 0.2) is 77.5 Å². The highest BCUT2D eigenvalue weighted by atomic mass is 35.5. The fourth-order valence-corrected chi connectivity index (χ4v) is 3.84. The van der Waals surface area contributed by atoms with E-state index in [0.29, 0.717) is 27.7 Å². The second kappa shape index (κ2) is 10.1. The van der Waals surface area contributed by atoms with Crippen LogP contribution in [0.4, 0.5) is 17.1 Å². The highest BCUT2D eigenvalue weighted by Gasteiger charge is 2.40. The van der Waals surface area contributed by atoms with Gasteiger partial charge in [-0.25, -0.2) is 4.90 Å². The van der Waals surface area contributed by atoms with Crippen molar-refractivity contribution in [2.75, 3.05) is 29.8 Å². The molecule has 1 heterocycles. The normalized spacial score (nSPS) is 13.2. The molecular formula is C25H19Cl2N3O5. The van der Waals surface area contributed by atoms with Gasteiger partial charge in [0.15, 0.2) is 0 Å². The number of carbonyl (C=O) groups excluding carboxylic acids is 3. The molecule has 178 valence electrons. The molecule has 0 spiro atoms. The number of rotatable bonds is 7. The number of ether oxygens (including phenoxy) is 2. The highest BCUT2D eigenvalue weighted by Crippen LogP contribution is 2.38. The lowest BCUT2D eigenvalue weighted by Crippen LogP contribution is -2.32. The third kappa shape index (κ3) is 4.80. The van der Waals surface area contributed by atoms with Crippen LogP contribution in [0.3, 0.4) is 0 Å². The summed E-state index contributed by atoms with van der Waals surface area (Å²) >= 11 is 12.4. The number of amides is 3. The molecule has 3 aromatic rings. The van der Waals surface area contributed by atoms with Crippen molar-refractivity contribution in [3.63, 3.8) is 0 Å². The maximum Gasteiger partial charge on any atom is 0.283 e. The summed E-state index contributed by atoms with van der Waals surface area (Å²) in [5.41, 5.74) is 1.19. The number of hydrogen-bond acceptors (Lipinski definition) is 6. The molecule has 0 saturated carbocycles. The summed E-state index contributed by atoms with van der Waals surface area (Å²) in [5, 5.41) is 5.70. The summed E-state index contributed by atoms with van der Waals surface area (Å²) in [5.74, 6) is -1.10. The number of anilines is 3. The Labute approximate surface area is 211 Å². The number of carbonyl (C=O) groups is 3. The van der Waals surface area contributed by atoms with Gasteiger partial charge in [-0.3, -0.25) is 14.4 Å². The van der Waals surface area contributed by atoms with E-state index in [1.807, 2.05) is 0 Å². The van der Waals surface area contributed by atoms with Gasteiger partial charge in [0.2, 0.25) is 0 Å². The quantitative estimate of drug-likeness (QED) is 0.431. The average Bonchev–Trinajstić information content (AvgIpc) is 3.08. The van der Waals surface area contributed by atoms with Gasteiger partial charge < -0.3 is 20.1 Å². The molecule has 0 fully saturated rings. The maximum absolute atomic E-state index is 13.2. The van der Waals surface area contributed by atoms with Gasteiger partial charge in [-0.15, -0.1) is 0 Å². The number of nitrogens with one attached hydrogen (secondary N) is 2. The molecule has 0 aliphatic carbocycles. The van der Waals surface area contributed by atoms with E-state index >= 15 is 0 Å². The first kappa shape index (κ1) is 24.1. The fraction of sp³-hybridized carbons (Fsp3) is 0.0800. The van der Waals surface area contributed by atoms with Crippen LogP contribution in [0.5, 0.6) is 11.5 Å². The van der Waals surface area contributed by atoms with Gasteiger partial charge in [-0.05, 0) is 42.5 Å². The van der Waals surface area contributed by atoms with Crippen molar-refractivity contribution in [1.29, 1.82) is 0 Å². The largest absolute Gasteiger partial charge is 0.497 e. The Kier molecular flexibility index (Phi) is 6.95. The van der Waals surface area contributed by atoms with Crippen molar-refractivity contribution < 1.29 is 23.9 Å². The van der Waals surface area contributed by atoms with Gasteiger partial charge >= 0.3 is 0 Å². The minimum atomic E-state index is -0.724. The molecule has 0 bridgehead atoms. The van der Waals surface area contributed by atoms with Crippen LogP contribution < -0.4 is 25.0 Å². The standard InChI is InChI=1S/C25H19Cl2N3O5/c1-34-16-10-11-20(35-2)19(13-16)30-24(32)21(27)22(25(30)33)28-15-7-5-6-14(12-15)23(31)29-18-9-4-3-8-17(18)26/h3-13,28H,1-2H3,(H,29,31). The zero-order chi connectivity index (χ0) is 25.1. The van der Waals surface area contributed by atoms with E-state index < -0.39 is 17.7 Å². The Bertz CT molecular complexity index is 1370. The molecule has 1 aliphatic rings. The highest BCUT2D eigenvalue weighted by molar-refractivity contribution is 6.53. The zero-order valence-electron chi connectivity index (χ0n) is 18.6. The van der Waals surface area contributed by atoms with E-state index in [4.69, 9.17) is 32.7 Å². The zero-order valence-corrected chi connectivity index (χ0v) is 20.1. The number of benzene rings is 3. The minimum Gasteiger partial charge on any atom is -0.497 e. The molecule has 10 heteroatoms. The minimum absolute atomic E-state index is 0.134. The summed E-state index contributed by atoms with van der Waals surface area (Å²) in [7, 11) is 2.88. The number of para-hydroxylation sites is 1. The van der Waals surface area contributed by atoms with E-state index in [0.717, 1.165) is 4.90 Å². The topological polar surface area (TPSA) is 97.0 Å². The Hall–Kier alpha value is -4.01. The molecule has 35 heavy (non-hydrogen) atoms. The summed E-state index contributed by atoms with van der Waals surface area (Å²) in [6.07, 6.45) is 0. The molecule has 8 nitrogen and oxygen atoms in total. The molecule has 0 saturated heterocycles. The smallest absolute Gasteiger partial charge is 0.283 e. The molecular weight excluding hydrogens is 493 g/mol. The predicted molar refractivity (Wildman–Crippen MR) is 134 cm³/mol. The van der Waals surface area contributed by atoms with Gasteiger partial charge in [-0.1, -0.05) is 41.4 Å². The van der Waals surface area contributed by atoms with Gasteiger partial charge in [0.1, 0.15) is 22.2 Å². The molecule has 0 unspecified atom stereocenters. The molecule has 3 amide bonds.